The van der Waals surface area contributed by atoms with Crippen molar-refractivity contribution in [3.05, 3.63) is 82.6 Å². The van der Waals surface area contributed by atoms with Crippen LogP contribution in [0.4, 0.5) is 0 Å². The van der Waals surface area contributed by atoms with Gasteiger partial charge in [0.25, 0.3) is 0 Å². The molecule has 0 amide bonds. The second kappa shape index (κ2) is 8.21. The molecule has 1 spiro atoms. The molecule has 1 aromatic heterocycles. The fraction of sp³-hybridized carbons (Fsp3) is 0.486. The first-order chi connectivity index (χ1) is 20.0. The van der Waals surface area contributed by atoms with Gasteiger partial charge in [0.05, 0.1) is 24.3 Å². The lowest BCUT2D eigenvalue weighted by Crippen LogP contribution is -2.74. The molecule has 0 radical (unpaired) electrons. The number of benzene rings is 2. The average Bonchev–Trinajstić information content (AvgIpc) is 3.56. The van der Waals surface area contributed by atoms with E-state index < -0.39 is 40.0 Å². The molecule has 8 rings (SSSR count). The molecule has 3 aliphatic carbocycles. The number of hydrogen-bond acceptors (Lipinski definition) is 6. The summed E-state index contributed by atoms with van der Waals surface area (Å²) in [4.78, 5) is 17.3. The predicted molar refractivity (Wildman–Crippen MR) is 155 cm³/mol. The first-order valence-corrected chi connectivity index (χ1v) is 15.0. The van der Waals surface area contributed by atoms with Crippen molar-refractivity contribution in [2.75, 3.05) is 0 Å². The summed E-state index contributed by atoms with van der Waals surface area (Å²) in [7, 11) is 0. The first kappa shape index (κ1) is 26.4. The van der Waals surface area contributed by atoms with E-state index in [2.05, 4.69) is 49.2 Å². The van der Waals surface area contributed by atoms with Crippen molar-refractivity contribution in [2.24, 2.45) is 11.3 Å². The Morgan fingerprint density at radius 3 is 2.62 bits per heavy atom. The molecule has 2 N–H and O–H groups in total. The second-order valence-electron chi connectivity index (χ2n) is 14.0. The molecule has 3 aromatic rings. The number of nitriles is 1. The summed E-state index contributed by atoms with van der Waals surface area (Å²) in [5, 5.41) is 23.9. The van der Waals surface area contributed by atoms with Crippen molar-refractivity contribution < 1.29 is 24.1 Å². The Morgan fingerprint density at radius 1 is 1.10 bits per heavy atom. The molecule has 216 valence electrons. The van der Waals surface area contributed by atoms with Gasteiger partial charge < -0.3 is 24.3 Å². The lowest BCUT2D eigenvalue weighted by molar-refractivity contribution is -0.282. The van der Waals surface area contributed by atoms with Gasteiger partial charge >= 0.3 is 0 Å². The number of ether oxygens (including phenoxy) is 3. The average molecular weight is 565 g/mol. The van der Waals surface area contributed by atoms with Gasteiger partial charge in [-0.05, 0) is 74.4 Å². The van der Waals surface area contributed by atoms with Gasteiger partial charge in [0.2, 0.25) is 0 Å². The van der Waals surface area contributed by atoms with Crippen LogP contribution in [-0.2, 0) is 37.4 Å². The van der Waals surface area contributed by atoms with Crippen LogP contribution in [0.5, 0.6) is 0 Å². The highest BCUT2D eigenvalue weighted by molar-refractivity contribution is 5.97. The van der Waals surface area contributed by atoms with Crippen molar-refractivity contribution in [3.63, 3.8) is 0 Å². The highest BCUT2D eigenvalue weighted by Gasteiger charge is 2.78. The van der Waals surface area contributed by atoms with Crippen LogP contribution < -0.4 is 0 Å². The van der Waals surface area contributed by atoms with Gasteiger partial charge in [0, 0.05) is 39.4 Å². The smallest absolute Gasteiger partial charge is 0.195 e. The maximum absolute atomic E-state index is 13.5. The maximum Gasteiger partial charge on any atom is 0.195 e. The van der Waals surface area contributed by atoms with Crippen LogP contribution >= 0.6 is 0 Å². The zero-order valence-electron chi connectivity index (χ0n) is 24.5. The monoisotopic (exact) mass is 564 g/mol. The topological polar surface area (TPSA) is 105 Å². The molecule has 3 fully saturated rings. The Balaban J connectivity index is 1.29. The number of para-hydroxylation sites is 1. The number of H-pyrrole nitrogens is 1. The van der Waals surface area contributed by atoms with Crippen molar-refractivity contribution in [1.29, 1.82) is 5.26 Å². The third-order valence-corrected chi connectivity index (χ3v) is 11.8. The van der Waals surface area contributed by atoms with Crippen molar-refractivity contribution in [1.82, 2.24) is 4.98 Å². The summed E-state index contributed by atoms with van der Waals surface area (Å²) in [5.41, 5.74) is 2.16. The Bertz CT molecular complexity index is 1730. The highest BCUT2D eigenvalue weighted by atomic mass is 16.8. The van der Waals surface area contributed by atoms with E-state index in [0.717, 1.165) is 17.5 Å². The van der Waals surface area contributed by atoms with E-state index in [9.17, 15) is 15.2 Å². The number of fused-ring (bicyclic) bond motifs is 9. The molecule has 7 atom stereocenters. The van der Waals surface area contributed by atoms with E-state index in [1.807, 2.05) is 26.0 Å². The predicted octanol–water partition coefficient (Wildman–Crippen LogP) is 5.39. The summed E-state index contributed by atoms with van der Waals surface area (Å²) in [6, 6.07) is 17.9. The molecule has 2 aliphatic heterocycles. The summed E-state index contributed by atoms with van der Waals surface area (Å²) in [6.07, 6.45) is 3.01. The number of hydrogen-bond donors (Lipinski definition) is 2. The Labute approximate surface area is 245 Å². The van der Waals surface area contributed by atoms with E-state index in [4.69, 9.17) is 14.2 Å². The molecule has 2 bridgehead atoms. The van der Waals surface area contributed by atoms with Gasteiger partial charge in [-0.3, -0.25) is 4.79 Å². The van der Waals surface area contributed by atoms with Gasteiger partial charge in [-0.2, -0.15) is 5.26 Å². The highest BCUT2D eigenvalue weighted by Crippen LogP contribution is 2.72. The summed E-state index contributed by atoms with van der Waals surface area (Å²) in [6.45, 7) is 8.54. The Morgan fingerprint density at radius 2 is 1.86 bits per heavy atom. The molecule has 42 heavy (non-hydrogen) atoms. The lowest BCUT2D eigenvalue weighted by atomic mass is 9.41. The van der Waals surface area contributed by atoms with Crippen molar-refractivity contribution in [2.45, 2.75) is 94.6 Å². The second-order valence-corrected chi connectivity index (χ2v) is 14.0. The van der Waals surface area contributed by atoms with Crippen molar-refractivity contribution in [3.8, 4) is 6.07 Å². The van der Waals surface area contributed by atoms with E-state index in [0.29, 0.717) is 30.4 Å². The summed E-state index contributed by atoms with van der Waals surface area (Å²) < 4.78 is 19.8. The van der Waals surface area contributed by atoms with Crippen LogP contribution in [0.2, 0.25) is 0 Å². The molecule has 7 heteroatoms. The number of ketones is 1. The zero-order chi connectivity index (χ0) is 29.3. The van der Waals surface area contributed by atoms with Crippen LogP contribution in [0.25, 0.3) is 10.9 Å². The normalized spacial score (nSPS) is 39.2. The summed E-state index contributed by atoms with van der Waals surface area (Å²) >= 11 is 0. The Hall–Kier alpha value is -3.28. The lowest BCUT2D eigenvalue weighted by Gasteiger charge is -2.67. The van der Waals surface area contributed by atoms with E-state index in [1.165, 1.54) is 16.6 Å². The Kier molecular flexibility index (Phi) is 5.15. The number of aromatic amines is 1. The molecular weight excluding hydrogens is 528 g/mol. The van der Waals surface area contributed by atoms with Crippen molar-refractivity contribution >= 4 is 16.7 Å². The van der Waals surface area contributed by atoms with E-state index in [1.54, 1.807) is 18.2 Å². The third-order valence-electron chi connectivity index (χ3n) is 11.8. The van der Waals surface area contributed by atoms with Crippen LogP contribution in [0.1, 0.15) is 69.3 Å². The number of rotatable bonds is 3. The zero-order valence-corrected chi connectivity index (χ0v) is 24.5. The molecule has 2 saturated carbocycles. The number of nitrogens with one attached hydrogen (secondary N) is 1. The first-order valence-electron chi connectivity index (χ1n) is 15.0. The maximum atomic E-state index is 13.5. The van der Waals surface area contributed by atoms with Crippen LogP contribution in [0, 0.1) is 22.7 Å². The third kappa shape index (κ3) is 3.01. The van der Waals surface area contributed by atoms with Crippen LogP contribution in [-0.4, -0.2) is 45.1 Å². The number of aliphatic hydroxyl groups is 1. The van der Waals surface area contributed by atoms with E-state index >= 15 is 0 Å². The minimum atomic E-state index is -1.54. The molecule has 2 aromatic carbocycles. The standard InChI is InChI=1S/C35H36N2O5/c1-31(2)30-26(38)17-27-34(41-30,42-31)14-13-32(3)33(4)22(15-24-23-7-5-6-8-25(23)37-29(24)33)16-28(35(27,32)39)40-19-21-11-9-20(18-36)10-12-21/h5-12,17,22,28,30,37,39H,13-16,19H2,1-4H3/t22-,28+,30+,32-,33-,34+,35+/m1/s1. The van der Waals surface area contributed by atoms with Gasteiger partial charge in [0.1, 0.15) is 11.2 Å². The fourth-order valence-corrected chi connectivity index (χ4v) is 9.46. The largest absolute Gasteiger partial charge is 0.382 e. The minimum absolute atomic E-state index is 0.170. The molecule has 0 unspecified atom stereocenters. The number of carbonyl (C=O) groups is 1. The van der Waals surface area contributed by atoms with Gasteiger partial charge in [-0.25, -0.2) is 0 Å². The van der Waals surface area contributed by atoms with Crippen LogP contribution in [0.15, 0.2) is 60.2 Å². The number of nitrogens with zero attached hydrogens (tertiary/aromatic N) is 1. The van der Waals surface area contributed by atoms with Gasteiger partial charge in [0.15, 0.2) is 17.7 Å². The number of aromatic nitrogens is 1. The molecule has 7 nitrogen and oxygen atoms in total. The number of carbonyl (C=O) groups excluding carboxylic acids is 1. The van der Waals surface area contributed by atoms with Gasteiger partial charge in [-0.1, -0.05) is 44.2 Å². The quantitative estimate of drug-likeness (QED) is 0.442. The summed E-state index contributed by atoms with van der Waals surface area (Å²) in [5.74, 6) is -1.11. The minimum Gasteiger partial charge on any atom is -0.382 e. The fourth-order valence-electron chi connectivity index (χ4n) is 9.46. The molecule has 1 saturated heterocycles. The van der Waals surface area contributed by atoms with E-state index in [-0.39, 0.29) is 18.3 Å². The molecule has 3 heterocycles. The SMILES string of the molecule is CC1(C)O[C@@]23CC[C@]4(C)[C@@]5(C)c6[nH]c7ccccc7c6C[C@@H]5C[C@H](OCc5ccc(C#N)cc5)[C@@]4(O)C2=CC(=O)[C@@H]1O3. The van der Waals surface area contributed by atoms with Crippen LogP contribution in [0.3, 0.4) is 0 Å². The molecular formula is C35H36N2O5. The molecule has 5 aliphatic rings. The van der Waals surface area contributed by atoms with Gasteiger partial charge in [-0.15, -0.1) is 0 Å².